The van der Waals surface area contributed by atoms with Gasteiger partial charge in [-0.05, 0) is 19.1 Å². The summed E-state index contributed by atoms with van der Waals surface area (Å²) in [6.07, 6.45) is 4.44. The van der Waals surface area contributed by atoms with Gasteiger partial charge in [-0.1, -0.05) is 29.3 Å². The van der Waals surface area contributed by atoms with E-state index in [0.717, 1.165) is 5.69 Å². The predicted octanol–water partition coefficient (Wildman–Crippen LogP) is 2.53. The Labute approximate surface area is 127 Å². The smallest absolute Gasteiger partial charge is 0.316 e. The molecule has 2 N–H and O–H groups in total. The molecule has 6 nitrogen and oxygen atoms in total. The lowest BCUT2D eigenvalue weighted by Crippen LogP contribution is -2.15. The van der Waals surface area contributed by atoms with Gasteiger partial charge in [-0.25, -0.2) is 9.97 Å². The molecule has 0 aliphatic heterocycles. The standard InChI is InChI=1S/C14H14ClN5O/c1-10-2-4-12(5-3-10)17-8-13(20-16)9-21-14-18-6-11(15)7-19-14/h2-8H,9,16H2,1H3. The molecule has 0 saturated heterocycles. The zero-order valence-corrected chi connectivity index (χ0v) is 12.2. The summed E-state index contributed by atoms with van der Waals surface area (Å²) in [6, 6.07) is 7.96. The van der Waals surface area contributed by atoms with Gasteiger partial charge in [0.25, 0.3) is 0 Å². The number of aliphatic imine (C=N–C) groups is 1. The number of nitrogens with zero attached hydrogens (tertiary/aromatic N) is 4. The molecule has 0 saturated carbocycles. The minimum atomic E-state index is 0.119. The molecule has 21 heavy (non-hydrogen) atoms. The number of hydrazone groups is 1. The second kappa shape index (κ2) is 7.35. The monoisotopic (exact) mass is 303 g/mol. The molecule has 0 amide bonds. The van der Waals surface area contributed by atoms with Crippen molar-refractivity contribution in [2.24, 2.45) is 15.9 Å². The van der Waals surface area contributed by atoms with Gasteiger partial charge >= 0.3 is 6.01 Å². The van der Waals surface area contributed by atoms with Gasteiger partial charge in [0.2, 0.25) is 0 Å². The van der Waals surface area contributed by atoms with E-state index in [-0.39, 0.29) is 12.6 Å². The fourth-order valence-corrected chi connectivity index (χ4v) is 1.50. The van der Waals surface area contributed by atoms with Crippen LogP contribution in [0.3, 0.4) is 0 Å². The molecule has 0 fully saturated rings. The van der Waals surface area contributed by atoms with E-state index in [2.05, 4.69) is 20.1 Å². The van der Waals surface area contributed by atoms with Crippen molar-refractivity contribution in [2.75, 3.05) is 6.61 Å². The van der Waals surface area contributed by atoms with Gasteiger partial charge in [-0.15, -0.1) is 0 Å². The lowest BCUT2D eigenvalue weighted by Gasteiger charge is -2.03. The predicted molar refractivity (Wildman–Crippen MR) is 83.5 cm³/mol. The first-order chi connectivity index (χ1) is 10.2. The Balaban J connectivity index is 1.94. The summed E-state index contributed by atoms with van der Waals surface area (Å²) < 4.78 is 5.34. The molecule has 1 heterocycles. The van der Waals surface area contributed by atoms with Crippen LogP contribution in [0.1, 0.15) is 5.56 Å². The van der Waals surface area contributed by atoms with Gasteiger partial charge in [0.05, 0.1) is 29.3 Å². The van der Waals surface area contributed by atoms with Crippen LogP contribution < -0.4 is 10.6 Å². The zero-order chi connectivity index (χ0) is 15.1. The first kappa shape index (κ1) is 14.9. The lowest BCUT2D eigenvalue weighted by molar-refractivity contribution is 0.346. The maximum absolute atomic E-state index is 5.68. The summed E-state index contributed by atoms with van der Waals surface area (Å²) in [6.45, 7) is 2.13. The fourth-order valence-electron chi connectivity index (χ4n) is 1.40. The molecule has 2 rings (SSSR count). The number of hydrogen-bond acceptors (Lipinski definition) is 6. The van der Waals surface area contributed by atoms with E-state index in [1.165, 1.54) is 18.0 Å². The van der Waals surface area contributed by atoms with Crippen LogP contribution in [0.4, 0.5) is 5.69 Å². The number of hydrogen-bond donors (Lipinski definition) is 1. The van der Waals surface area contributed by atoms with E-state index < -0.39 is 0 Å². The average Bonchev–Trinajstić information content (AvgIpc) is 2.51. The molecule has 0 aliphatic rings. The average molecular weight is 304 g/mol. The molecule has 108 valence electrons. The molecular weight excluding hydrogens is 290 g/mol. The van der Waals surface area contributed by atoms with E-state index >= 15 is 0 Å². The lowest BCUT2D eigenvalue weighted by atomic mass is 10.2. The molecule has 2 aromatic rings. The van der Waals surface area contributed by atoms with Gasteiger partial charge in [0, 0.05) is 0 Å². The van der Waals surface area contributed by atoms with Crippen molar-refractivity contribution >= 4 is 29.2 Å². The third kappa shape index (κ3) is 4.85. The number of ether oxygens (including phenoxy) is 1. The summed E-state index contributed by atoms with van der Waals surface area (Å²) in [7, 11) is 0. The number of benzene rings is 1. The van der Waals surface area contributed by atoms with Crippen LogP contribution >= 0.6 is 11.6 Å². The van der Waals surface area contributed by atoms with Crippen molar-refractivity contribution in [3.05, 3.63) is 47.2 Å². The van der Waals surface area contributed by atoms with Crippen molar-refractivity contribution in [2.45, 2.75) is 6.92 Å². The maximum atomic E-state index is 5.68. The first-order valence-electron chi connectivity index (χ1n) is 6.15. The van der Waals surface area contributed by atoms with Crippen LogP contribution in [0.2, 0.25) is 5.02 Å². The Morgan fingerprint density at radius 2 is 1.95 bits per heavy atom. The topological polar surface area (TPSA) is 85.8 Å². The summed E-state index contributed by atoms with van der Waals surface area (Å²) in [5.74, 6) is 5.30. The van der Waals surface area contributed by atoms with Crippen molar-refractivity contribution < 1.29 is 4.74 Å². The molecule has 0 radical (unpaired) electrons. The Bertz CT molecular complexity index is 637. The van der Waals surface area contributed by atoms with Gasteiger partial charge in [-0.3, -0.25) is 4.99 Å². The van der Waals surface area contributed by atoms with Crippen LogP contribution in [-0.4, -0.2) is 28.5 Å². The number of halogens is 1. The highest BCUT2D eigenvalue weighted by Gasteiger charge is 2.01. The van der Waals surface area contributed by atoms with Crippen LogP contribution in [0.5, 0.6) is 6.01 Å². The normalized spacial score (nSPS) is 11.8. The molecule has 0 bridgehead atoms. The summed E-state index contributed by atoms with van der Waals surface area (Å²) in [4.78, 5) is 12.1. The van der Waals surface area contributed by atoms with Gasteiger partial charge in [-0.2, -0.15) is 5.10 Å². The maximum Gasteiger partial charge on any atom is 0.316 e. The third-order valence-electron chi connectivity index (χ3n) is 2.51. The third-order valence-corrected chi connectivity index (χ3v) is 2.70. The highest BCUT2D eigenvalue weighted by molar-refractivity contribution is 6.31. The van der Waals surface area contributed by atoms with Gasteiger partial charge in [0.1, 0.15) is 12.3 Å². The van der Waals surface area contributed by atoms with Crippen LogP contribution in [-0.2, 0) is 0 Å². The summed E-state index contributed by atoms with van der Waals surface area (Å²) in [5, 5.41) is 4.05. The fraction of sp³-hybridized carbons (Fsp3) is 0.143. The van der Waals surface area contributed by atoms with Crippen molar-refractivity contribution in [3.63, 3.8) is 0 Å². The van der Waals surface area contributed by atoms with Crippen LogP contribution in [0.25, 0.3) is 0 Å². The molecule has 7 heteroatoms. The first-order valence-corrected chi connectivity index (χ1v) is 6.53. The minimum absolute atomic E-state index is 0.119. The van der Waals surface area contributed by atoms with Crippen molar-refractivity contribution in [1.29, 1.82) is 0 Å². The molecule has 0 unspecified atom stereocenters. The number of rotatable bonds is 5. The van der Waals surface area contributed by atoms with Crippen molar-refractivity contribution in [3.8, 4) is 6.01 Å². The SMILES string of the molecule is Cc1ccc(N=CC(COc2ncc(Cl)cn2)=NN)cc1. The highest BCUT2D eigenvalue weighted by Crippen LogP contribution is 2.11. The molecular formula is C14H14ClN5O. The van der Waals surface area contributed by atoms with E-state index in [0.29, 0.717) is 10.7 Å². The van der Waals surface area contributed by atoms with Crippen LogP contribution in [0.15, 0.2) is 46.8 Å². The summed E-state index contributed by atoms with van der Waals surface area (Å²) in [5.41, 5.74) is 2.45. The largest absolute Gasteiger partial charge is 0.457 e. The Morgan fingerprint density at radius 3 is 2.57 bits per heavy atom. The van der Waals surface area contributed by atoms with E-state index in [1.807, 2.05) is 31.2 Å². The summed E-state index contributed by atoms with van der Waals surface area (Å²) >= 11 is 5.68. The molecule has 0 aliphatic carbocycles. The Kier molecular flexibility index (Phi) is 5.22. The van der Waals surface area contributed by atoms with E-state index in [9.17, 15) is 0 Å². The number of nitrogens with two attached hydrogens (primary N) is 1. The Morgan fingerprint density at radius 1 is 1.29 bits per heavy atom. The number of aromatic nitrogens is 2. The zero-order valence-electron chi connectivity index (χ0n) is 11.4. The number of aryl methyl sites for hydroxylation is 1. The molecule has 1 aromatic carbocycles. The minimum Gasteiger partial charge on any atom is -0.457 e. The van der Waals surface area contributed by atoms with Gasteiger partial charge in [0.15, 0.2) is 0 Å². The van der Waals surface area contributed by atoms with Crippen molar-refractivity contribution in [1.82, 2.24) is 9.97 Å². The molecule has 0 spiro atoms. The molecule has 1 aromatic heterocycles. The van der Waals surface area contributed by atoms with E-state index in [4.69, 9.17) is 22.2 Å². The van der Waals surface area contributed by atoms with Crippen LogP contribution in [0, 0.1) is 6.92 Å². The van der Waals surface area contributed by atoms with Gasteiger partial charge < -0.3 is 10.6 Å². The second-order valence-electron chi connectivity index (χ2n) is 4.19. The quantitative estimate of drug-likeness (QED) is 0.522. The van der Waals surface area contributed by atoms with E-state index in [1.54, 1.807) is 6.21 Å². The highest BCUT2D eigenvalue weighted by atomic mass is 35.5. The second-order valence-corrected chi connectivity index (χ2v) is 4.62. The molecule has 0 atom stereocenters. The Hall–Kier alpha value is -2.47.